The Kier molecular flexibility index (Phi) is 4.08. The Hall–Kier alpha value is -1.33. The fourth-order valence-electron chi connectivity index (χ4n) is 3.33. The van der Waals surface area contributed by atoms with Gasteiger partial charge in [0.15, 0.2) is 0 Å². The van der Waals surface area contributed by atoms with Crippen LogP contribution in [0.5, 0.6) is 5.75 Å². The molecule has 0 bridgehead atoms. The summed E-state index contributed by atoms with van der Waals surface area (Å²) >= 11 is 0. The van der Waals surface area contributed by atoms with Gasteiger partial charge >= 0.3 is 0 Å². The average molecular weight is 284 g/mol. The zero-order chi connectivity index (χ0) is 13.9. The summed E-state index contributed by atoms with van der Waals surface area (Å²) in [6, 6.07) is 18.8. The Bertz CT molecular complexity index is 567. The number of hydrogen-bond acceptors (Lipinski definition) is 1. The summed E-state index contributed by atoms with van der Waals surface area (Å²) in [7, 11) is -0.0902. The molecular formula is C18H21OP. The summed E-state index contributed by atoms with van der Waals surface area (Å²) in [5.74, 6) is 0.889. The van der Waals surface area contributed by atoms with E-state index in [1.165, 1.54) is 24.3 Å². The predicted molar refractivity (Wildman–Crippen MR) is 87.4 cm³/mol. The van der Waals surface area contributed by atoms with Crippen LogP contribution in [0.25, 0.3) is 0 Å². The smallest absolute Gasteiger partial charge is 0.119 e. The first kappa shape index (κ1) is 13.6. The Morgan fingerprint density at radius 3 is 2.50 bits per heavy atom. The zero-order valence-corrected chi connectivity index (χ0v) is 12.8. The van der Waals surface area contributed by atoms with Gasteiger partial charge in [0.1, 0.15) is 5.75 Å². The van der Waals surface area contributed by atoms with Crippen LogP contribution in [-0.4, -0.2) is 16.9 Å². The number of aromatic hydroxyl groups is 1. The zero-order valence-electron chi connectivity index (χ0n) is 11.9. The topological polar surface area (TPSA) is 20.2 Å². The van der Waals surface area contributed by atoms with E-state index in [1.807, 2.05) is 18.2 Å². The van der Waals surface area contributed by atoms with Gasteiger partial charge in [-0.1, -0.05) is 63.4 Å². The minimum Gasteiger partial charge on any atom is -0.508 e. The third-order valence-electron chi connectivity index (χ3n) is 4.39. The monoisotopic (exact) mass is 284 g/mol. The number of para-hydroxylation sites is 1. The van der Waals surface area contributed by atoms with E-state index in [0.29, 0.717) is 17.3 Å². The summed E-state index contributed by atoms with van der Waals surface area (Å²) in [6.07, 6.45) is 3.95. The Labute approximate surface area is 122 Å². The van der Waals surface area contributed by atoms with Gasteiger partial charge in [0.2, 0.25) is 0 Å². The molecule has 1 heterocycles. The number of benzene rings is 2. The molecule has 0 saturated carbocycles. The maximum atomic E-state index is 10.1. The molecule has 1 aliphatic heterocycles. The van der Waals surface area contributed by atoms with Gasteiger partial charge in [-0.2, -0.15) is 0 Å². The first-order valence-electron chi connectivity index (χ1n) is 7.37. The lowest BCUT2D eigenvalue weighted by Gasteiger charge is -2.27. The van der Waals surface area contributed by atoms with E-state index in [0.717, 1.165) is 5.56 Å². The van der Waals surface area contributed by atoms with Crippen LogP contribution >= 0.6 is 7.92 Å². The van der Waals surface area contributed by atoms with Crippen molar-refractivity contribution in [3.8, 4) is 5.75 Å². The van der Waals surface area contributed by atoms with E-state index in [9.17, 15) is 5.11 Å². The first-order valence-corrected chi connectivity index (χ1v) is 8.96. The first-order chi connectivity index (χ1) is 9.77. The highest BCUT2D eigenvalue weighted by atomic mass is 31.1. The third-order valence-corrected chi connectivity index (χ3v) is 7.66. The molecule has 0 radical (unpaired) electrons. The highest BCUT2D eigenvalue weighted by molar-refractivity contribution is 7.66. The molecule has 3 unspecified atom stereocenters. The molecule has 3 atom stereocenters. The fraction of sp³-hybridized carbons (Fsp3) is 0.333. The molecule has 3 rings (SSSR count). The standard InChI is InChI=1S/C18H21OP/c1-14(16-10-5-6-11-17(16)19)18-12-7-13-20(18)15-8-3-2-4-9-15/h2-6,8-11,14,18-19H,7,12-13H2,1H3. The second-order valence-corrected chi connectivity index (χ2v) is 8.15. The van der Waals surface area contributed by atoms with Gasteiger partial charge < -0.3 is 5.11 Å². The molecule has 2 aromatic carbocycles. The van der Waals surface area contributed by atoms with Crippen molar-refractivity contribution in [2.24, 2.45) is 0 Å². The molecule has 0 spiro atoms. The van der Waals surface area contributed by atoms with Crippen LogP contribution in [0.1, 0.15) is 31.2 Å². The summed E-state index contributed by atoms with van der Waals surface area (Å²) in [5, 5.41) is 11.6. The maximum absolute atomic E-state index is 10.1. The van der Waals surface area contributed by atoms with Crippen molar-refractivity contribution in [2.45, 2.75) is 31.3 Å². The Morgan fingerprint density at radius 2 is 1.75 bits per heavy atom. The second-order valence-electron chi connectivity index (χ2n) is 5.59. The summed E-state index contributed by atoms with van der Waals surface area (Å²) in [6.45, 7) is 2.28. The van der Waals surface area contributed by atoms with Crippen molar-refractivity contribution in [1.82, 2.24) is 0 Å². The average Bonchev–Trinajstić information content (AvgIpc) is 2.97. The van der Waals surface area contributed by atoms with Gasteiger partial charge in [-0.15, -0.1) is 0 Å². The molecule has 2 aromatic rings. The minimum atomic E-state index is -0.0902. The predicted octanol–water partition coefficient (Wildman–Crippen LogP) is 4.47. The van der Waals surface area contributed by atoms with Gasteiger partial charge in [-0.25, -0.2) is 0 Å². The number of rotatable bonds is 3. The molecule has 0 aliphatic carbocycles. The van der Waals surface area contributed by atoms with Gasteiger partial charge in [-0.05, 0) is 47.5 Å². The Morgan fingerprint density at radius 1 is 1.05 bits per heavy atom. The lowest BCUT2D eigenvalue weighted by molar-refractivity contribution is 0.461. The second kappa shape index (κ2) is 5.97. The molecule has 104 valence electrons. The lowest BCUT2D eigenvalue weighted by Crippen LogP contribution is -2.16. The van der Waals surface area contributed by atoms with E-state index < -0.39 is 0 Å². The van der Waals surface area contributed by atoms with E-state index in [-0.39, 0.29) is 7.92 Å². The molecule has 0 amide bonds. The molecule has 1 N–H and O–H groups in total. The van der Waals surface area contributed by atoms with Gasteiger partial charge in [0, 0.05) is 0 Å². The maximum Gasteiger partial charge on any atom is 0.119 e. The summed E-state index contributed by atoms with van der Waals surface area (Å²) in [4.78, 5) is 0. The van der Waals surface area contributed by atoms with Crippen molar-refractivity contribution < 1.29 is 5.11 Å². The molecule has 1 fully saturated rings. The molecule has 1 nitrogen and oxygen atoms in total. The summed E-state index contributed by atoms with van der Waals surface area (Å²) < 4.78 is 0. The van der Waals surface area contributed by atoms with Crippen LogP contribution < -0.4 is 5.30 Å². The fourth-order valence-corrected chi connectivity index (χ4v) is 6.58. The molecule has 1 saturated heterocycles. The van der Waals surface area contributed by atoms with Crippen molar-refractivity contribution in [2.75, 3.05) is 6.16 Å². The van der Waals surface area contributed by atoms with E-state index in [2.05, 4.69) is 43.3 Å². The largest absolute Gasteiger partial charge is 0.508 e. The minimum absolute atomic E-state index is 0.0902. The van der Waals surface area contributed by atoms with Crippen LogP contribution in [0, 0.1) is 0 Å². The SMILES string of the molecule is CC(c1ccccc1O)C1CCCP1c1ccccc1. The van der Waals surface area contributed by atoms with Crippen LogP contribution in [0.3, 0.4) is 0 Å². The van der Waals surface area contributed by atoms with Crippen LogP contribution in [-0.2, 0) is 0 Å². The normalized spacial score (nSPS) is 23.6. The number of hydrogen-bond donors (Lipinski definition) is 1. The van der Waals surface area contributed by atoms with Gasteiger partial charge in [0.05, 0.1) is 0 Å². The van der Waals surface area contributed by atoms with E-state index >= 15 is 0 Å². The number of phenolic OH excluding ortho intramolecular Hbond substituents is 1. The molecule has 2 heteroatoms. The van der Waals surface area contributed by atoms with E-state index in [1.54, 1.807) is 0 Å². The summed E-state index contributed by atoms with van der Waals surface area (Å²) in [5.41, 5.74) is 1.81. The highest BCUT2D eigenvalue weighted by Gasteiger charge is 2.33. The van der Waals surface area contributed by atoms with Crippen molar-refractivity contribution in [3.05, 3.63) is 60.2 Å². The van der Waals surface area contributed by atoms with Crippen molar-refractivity contribution >= 4 is 13.2 Å². The number of phenols is 1. The van der Waals surface area contributed by atoms with Crippen LogP contribution in [0.2, 0.25) is 0 Å². The van der Waals surface area contributed by atoms with E-state index in [4.69, 9.17) is 0 Å². The van der Waals surface area contributed by atoms with Gasteiger partial charge in [-0.3, -0.25) is 0 Å². The van der Waals surface area contributed by atoms with Gasteiger partial charge in [0.25, 0.3) is 0 Å². The van der Waals surface area contributed by atoms with Crippen molar-refractivity contribution in [1.29, 1.82) is 0 Å². The lowest BCUT2D eigenvalue weighted by atomic mass is 9.94. The van der Waals surface area contributed by atoms with Crippen LogP contribution in [0.4, 0.5) is 0 Å². The molecule has 0 aromatic heterocycles. The molecule has 20 heavy (non-hydrogen) atoms. The van der Waals surface area contributed by atoms with Crippen molar-refractivity contribution in [3.63, 3.8) is 0 Å². The highest BCUT2D eigenvalue weighted by Crippen LogP contribution is 2.54. The third kappa shape index (κ3) is 2.60. The Balaban J connectivity index is 1.87. The molecular weight excluding hydrogens is 263 g/mol. The van der Waals surface area contributed by atoms with Crippen LogP contribution in [0.15, 0.2) is 54.6 Å². The molecule has 1 aliphatic rings. The quantitative estimate of drug-likeness (QED) is 0.825.